The lowest BCUT2D eigenvalue weighted by Crippen LogP contribution is -2.52. The van der Waals surface area contributed by atoms with Gasteiger partial charge in [0.1, 0.15) is 5.82 Å². The van der Waals surface area contributed by atoms with Crippen LogP contribution in [0.25, 0.3) is 0 Å². The van der Waals surface area contributed by atoms with Gasteiger partial charge in [0.25, 0.3) is 0 Å². The first-order valence-corrected chi connectivity index (χ1v) is 6.49. The Balaban J connectivity index is 1.74. The molecule has 0 aromatic carbocycles. The first kappa shape index (κ1) is 14.3. The van der Waals surface area contributed by atoms with Crippen LogP contribution in [-0.2, 0) is 18.4 Å². The number of nitrogens with zero attached hydrogens (tertiary/aromatic N) is 4. The average molecular weight is 281 g/mol. The van der Waals surface area contributed by atoms with Gasteiger partial charge in [-0.05, 0) is 0 Å². The van der Waals surface area contributed by atoms with Crippen molar-refractivity contribution in [3.8, 4) is 0 Å². The van der Waals surface area contributed by atoms with E-state index >= 15 is 0 Å². The van der Waals surface area contributed by atoms with Crippen LogP contribution in [0, 0.1) is 0 Å². The number of piperazine rings is 1. The van der Waals surface area contributed by atoms with E-state index in [1.165, 1.54) is 0 Å². The molecule has 0 saturated carbocycles. The standard InChI is InChI=1S/C12H19N5O3/c1-15-3-2-13-10(15)8-14-12(20)17-6-4-16(5-7-17)9-11(18)19/h2-3H,4-9H2,1H3,(H,14,20)(H,18,19). The molecule has 1 fully saturated rings. The lowest BCUT2D eigenvalue weighted by molar-refractivity contribution is -0.138. The smallest absolute Gasteiger partial charge is 0.317 e. The summed E-state index contributed by atoms with van der Waals surface area (Å²) in [6, 6.07) is -0.136. The molecule has 110 valence electrons. The van der Waals surface area contributed by atoms with Gasteiger partial charge in [-0.2, -0.15) is 0 Å². The van der Waals surface area contributed by atoms with Crippen LogP contribution in [-0.4, -0.2) is 69.2 Å². The van der Waals surface area contributed by atoms with E-state index in [1.54, 1.807) is 11.1 Å². The predicted octanol–water partition coefficient (Wildman–Crippen LogP) is -0.668. The first-order valence-electron chi connectivity index (χ1n) is 6.49. The second-order valence-corrected chi connectivity index (χ2v) is 4.77. The monoisotopic (exact) mass is 281 g/mol. The van der Waals surface area contributed by atoms with E-state index in [0.717, 1.165) is 5.82 Å². The Morgan fingerprint density at radius 3 is 2.60 bits per heavy atom. The van der Waals surface area contributed by atoms with Crippen LogP contribution in [0.3, 0.4) is 0 Å². The highest BCUT2D eigenvalue weighted by Gasteiger charge is 2.22. The highest BCUT2D eigenvalue weighted by molar-refractivity contribution is 5.74. The van der Waals surface area contributed by atoms with E-state index in [9.17, 15) is 9.59 Å². The van der Waals surface area contributed by atoms with E-state index in [4.69, 9.17) is 5.11 Å². The number of hydrogen-bond donors (Lipinski definition) is 2. The third kappa shape index (κ3) is 3.70. The van der Waals surface area contributed by atoms with Gasteiger partial charge in [-0.15, -0.1) is 0 Å². The van der Waals surface area contributed by atoms with Crippen LogP contribution in [0.2, 0.25) is 0 Å². The second-order valence-electron chi connectivity index (χ2n) is 4.77. The maximum atomic E-state index is 12.0. The van der Waals surface area contributed by atoms with Crippen molar-refractivity contribution in [1.82, 2.24) is 24.7 Å². The molecule has 0 spiro atoms. The number of urea groups is 1. The van der Waals surface area contributed by atoms with Gasteiger partial charge in [-0.3, -0.25) is 9.69 Å². The molecule has 0 aliphatic carbocycles. The van der Waals surface area contributed by atoms with Crippen molar-refractivity contribution in [3.63, 3.8) is 0 Å². The Morgan fingerprint density at radius 2 is 2.05 bits per heavy atom. The zero-order chi connectivity index (χ0) is 14.5. The molecule has 2 amide bonds. The minimum Gasteiger partial charge on any atom is -0.480 e. The molecule has 0 radical (unpaired) electrons. The Labute approximate surface area is 117 Å². The maximum absolute atomic E-state index is 12.0. The summed E-state index contributed by atoms with van der Waals surface area (Å²) in [5.74, 6) is -0.0412. The number of aliphatic carboxylic acids is 1. The molecule has 1 aromatic heterocycles. The molecule has 2 rings (SSSR count). The third-order valence-corrected chi connectivity index (χ3v) is 3.34. The summed E-state index contributed by atoms with van der Waals surface area (Å²) in [5, 5.41) is 11.5. The Hall–Kier alpha value is -2.09. The number of aryl methyl sites for hydroxylation is 1. The molecule has 0 atom stereocenters. The van der Waals surface area contributed by atoms with Gasteiger partial charge < -0.3 is 19.9 Å². The number of hydrogen-bond acceptors (Lipinski definition) is 4. The van der Waals surface area contributed by atoms with E-state index < -0.39 is 5.97 Å². The fourth-order valence-corrected chi connectivity index (χ4v) is 2.13. The van der Waals surface area contributed by atoms with E-state index in [1.807, 2.05) is 22.7 Å². The molecule has 2 heterocycles. The molecule has 0 bridgehead atoms. The van der Waals surface area contributed by atoms with E-state index in [2.05, 4.69) is 10.3 Å². The van der Waals surface area contributed by atoms with E-state index in [-0.39, 0.29) is 12.6 Å². The van der Waals surface area contributed by atoms with Gasteiger partial charge in [0, 0.05) is 45.6 Å². The molecule has 1 saturated heterocycles. The molecule has 0 unspecified atom stereocenters. The van der Waals surface area contributed by atoms with Crippen LogP contribution >= 0.6 is 0 Å². The van der Waals surface area contributed by atoms with Gasteiger partial charge in [0.05, 0.1) is 13.1 Å². The topological polar surface area (TPSA) is 90.7 Å². The normalized spacial score (nSPS) is 16.1. The van der Waals surface area contributed by atoms with Crippen LogP contribution in [0.5, 0.6) is 0 Å². The number of aromatic nitrogens is 2. The summed E-state index contributed by atoms with van der Waals surface area (Å²) in [6.07, 6.45) is 3.51. The number of imidazole rings is 1. The first-order chi connectivity index (χ1) is 9.56. The van der Waals surface area contributed by atoms with Crippen molar-refractivity contribution in [3.05, 3.63) is 18.2 Å². The van der Waals surface area contributed by atoms with Crippen LogP contribution in [0.1, 0.15) is 5.82 Å². The predicted molar refractivity (Wildman–Crippen MR) is 71.1 cm³/mol. The lowest BCUT2D eigenvalue weighted by atomic mass is 10.3. The number of amides is 2. The minimum absolute atomic E-state index is 0.0305. The van der Waals surface area contributed by atoms with Gasteiger partial charge in [-0.1, -0.05) is 0 Å². The van der Waals surface area contributed by atoms with Crippen molar-refractivity contribution in [2.45, 2.75) is 6.54 Å². The highest BCUT2D eigenvalue weighted by Crippen LogP contribution is 2.02. The van der Waals surface area contributed by atoms with Gasteiger partial charge in [-0.25, -0.2) is 9.78 Å². The van der Waals surface area contributed by atoms with Crippen molar-refractivity contribution in [1.29, 1.82) is 0 Å². The summed E-state index contributed by atoms with van der Waals surface area (Å²) >= 11 is 0. The molecular weight excluding hydrogens is 262 g/mol. The third-order valence-electron chi connectivity index (χ3n) is 3.34. The maximum Gasteiger partial charge on any atom is 0.317 e. The Morgan fingerprint density at radius 1 is 1.35 bits per heavy atom. The number of nitrogens with one attached hydrogen (secondary N) is 1. The summed E-state index contributed by atoms with van der Waals surface area (Å²) in [7, 11) is 1.87. The van der Waals surface area contributed by atoms with Gasteiger partial charge in [0.15, 0.2) is 0 Å². The van der Waals surface area contributed by atoms with Gasteiger partial charge in [0.2, 0.25) is 0 Å². The molecular formula is C12H19N5O3. The lowest BCUT2D eigenvalue weighted by Gasteiger charge is -2.33. The van der Waals surface area contributed by atoms with Crippen molar-refractivity contribution < 1.29 is 14.7 Å². The molecule has 1 aromatic rings. The van der Waals surface area contributed by atoms with Gasteiger partial charge >= 0.3 is 12.0 Å². The Bertz CT molecular complexity index is 479. The van der Waals surface area contributed by atoms with Crippen LogP contribution in [0.15, 0.2) is 12.4 Å². The molecule has 8 nitrogen and oxygen atoms in total. The SMILES string of the molecule is Cn1ccnc1CNC(=O)N1CCN(CC(=O)O)CC1. The summed E-state index contributed by atoms with van der Waals surface area (Å²) < 4.78 is 1.85. The number of carbonyl (C=O) groups excluding carboxylic acids is 1. The summed E-state index contributed by atoms with van der Waals surface area (Å²) in [4.78, 5) is 30.2. The van der Waals surface area contributed by atoms with Crippen molar-refractivity contribution in [2.75, 3.05) is 32.7 Å². The van der Waals surface area contributed by atoms with Crippen molar-refractivity contribution in [2.24, 2.45) is 7.05 Å². The quantitative estimate of drug-likeness (QED) is 0.764. The molecule has 8 heteroatoms. The average Bonchev–Trinajstić information content (AvgIpc) is 2.82. The largest absolute Gasteiger partial charge is 0.480 e. The second kappa shape index (κ2) is 6.38. The Kier molecular flexibility index (Phi) is 4.57. The van der Waals surface area contributed by atoms with Crippen LogP contribution in [0.4, 0.5) is 4.79 Å². The number of carboxylic acids is 1. The fourth-order valence-electron chi connectivity index (χ4n) is 2.13. The number of carboxylic acid groups (broad SMARTS) is 1. The summed E-state index contributed by atoms with van der Waals surface area (Å²) in [6.45, 7) is 2.67. The molecule has 20 heavy (non-hydrogen) atoms. The zero-order valence-corrected chi connectivity index (χ0v) is 11.4. The molecule has 1 aliphatic heterocycles. The highest BCUT2D eigenvalue weighted by atomic mass is 16.4. The fraction of sp³-hybridized carbons (Fsp3) is 0.583. The molecule has 2 N–H and O–H groups in total. The number of rotatable bonds is 4. The van der Waals surface area contributed by atoms with Crippen LogP contribution < -0.4 is 5.32 Å². The number of carbonyl (C=O) groups is 2. The van der Waals surface area contributed by atoms with E-state index in [0.29, 0.717) is 32.7 Å². The summed E-state index contributed by atoms with van der Waals surface area (Å²) in [5.41, 5.74) is 0. The minimum atomic E-state index is -0.835. The zero-order valence-electron chi connectivity index (χ0n) is 11.4. The van der Waals surface area contributed by atoms with Crippen molar-refractivity contribution >= 4 is 12.0 Å². The molecule has 1 aliphatic rings.